The first-order chi connectivity index (χ1) is 6.59. The van der Waals surface area contributed by atoms with E-state index >= 15 is 0 Å². The lowest BCUT2D eigenvalue weighted by Crippen LogP contribution is -2.00. The lowest BCUT2D eigenvalue weighted by Gasteiger charge is -2.07. The first kappa shape index (κ1) is 11.1. The van der Waals surface area contributed by atoms with Crippen LogP contribution >= 0.6 is 11.6 Å². The van der Waals surface area contributed by atoms with E-state index in [2.05, 4.69) is 32.2 Å². The fraction of sp³-hybridized carbons (Fsp3) is 0.333. The molecule has 0 saturated carbocycles. The fourth-order valence-corrected chi connectivity index (χ4v) is 1.32. The Morgan fingerprint density at radius 1 is 1.43 bits per heavy atom. The molecule has 1 aromatic carbocycles. The summed E-state index contributed by atoms with van der Waals surface area (Å²) in [6, 6.07) is 5.88. The van der Waals surface area contributed by atoms with Crippen LogP contribution < -0.4 is 5.32 Å². The summed E-state index contributed by atoms with van der Waals surface area (Å²) in [6.07, 6.45) is 2.15. The zero-order chi connectivity index (χ0) is 10.6. The lowest BCUT2D eigenvalue weighted by molar-refractivity contribution is 1.25. The van der Waals surface area contributed by atoms with E-state index in [0.29, 0.717) is 0 Å². The van der Waals surface area contributed by atoms with Crippen LogP contribution in [0.25, 0.3) is 0 Å². The molecule has 1 nitrogen and oxygen atoms in total. The van der Waals surface area contributed by atoms with Crippen molar-refractivity contribution in [3.63, 3.8) is 0 Å². The molecule has 0 bridgehead atoms. The number of anilines is 1. The highest BCUT2D eigenvalue weighted by Gasteiger charge is 1.96. The third-order valence-electron chi connectivity index (χ3n) is 2.00. The molecule has 0 aromatic heterocycles. The van der Waals surface area contributed by atoms with Gasteiger partial charge < -0.3 is 5.32 Å². The maximum absolute atomic E-state index is 5.90. The van der Waals surface area contributed by atoms with Gasteiger partial charge in [-0.3, -0.25) is 0 Å². The molecule has 0 heterocycles. The van der Waals surface area contributed by atoms with Crippen molar-refractivity contribution in [2.75, 3.05) is 11.9 Å². The quantitative estimate of drug-likeness (QED) is 0.742. The van der Waals surface area contributed by atoms with E-state index in [0.717, 1.165) is 17.3 Å². The van der Waals surface area contributed by atoms with Crippen molar-refractivity contribution in [3.8, 4) is 0 Å². The van der Waals surface area contributed by atoms with Crippen LogP contribution in [0.1, 0.15) is 19.4 Å². The molecule has 0 spiro atoms. The van der Waals surface area contributed by atoms with E-state index in [1.165, 1.54) is 11.1 Å². The minimum atomic E-state index is 0.773. The Bertz CT molecular complexity index is 338. The van der Waals surface area contributed by atoms with Crippen LogP contribution in [-0.2, 0) is 0 Å². The number of rotatable bonds is 3. The van der Waals surface area contributed by atoms with E-state index in [1.807, 2.05) is 18.2 Å². The van der Waals surface area contributed by atoms with Crippen molar-refractivity contribution in [3.05, 3.63) is 40.4 Å². The van der Waals surface area contributed by atoms with E-state index in [1.54, 1.807) is 0 Å². The summed E-state index contributed by atoms with van der Waals surface area (Å²) in [5, 5.41) is 4.10. The molecule has 1 rings (SSSR count). The standard InChI is InChI=1S/C12H16ClN/c1-9(2)6-7-14-12-8-11(13)5-4-10(12)3/h4-6,8,14H,7H2,1-3H3. The van der Waals surface area contributed by atoms with Gasteiger partial charge in [-0.1, -0.05) is 29.3 Å². The maximum atomic E-state index is 5.90. The second kappa shape index (κ2) is 5.06. The Hall–Kier alpha value is -0.950. The van der Waals surface area contributed by atoms with E-state index in [-0.39, 0.29) is 0 Å². The van der Waals surface area contributed by atoms with Crippen LogP contribution in [0.2, 0.25) is 5.02 Å². The van der Waals surface area contributed by atoms with Crippen LogP contribution in [-0.4, -0.2) is 6.54 Å². The molecule has 14 heavy (non-hydrogen) atoms. The number of hydrogen-bond donors (Lipinski definition) is 1. The summed E-state index contributed by atoms with van der Waals surface area (Å²) in [5.74, 6) is 0. The van der Waals surface area contributed by atoms with Gasteiger partial charge in [0, 0.05) is 17.3 Å². The molecule has 0 aliphatic rings. The molecule has 0 saturated heterocycles. The molecule has 0 aliphatic heterocycles. The predicted octanol–water partition coefficient (Wildman–Crippen LogP) is 4.03. The Morgan fingerprint density at radius 3 is 2.79 bits per heavy atom. The van der Waals surface area contributed by atoms with E-state index < -0.39 is 0 Å². The normalized spacial score (nSPS) is 9.71. The van der Waals surface area contributed by atoms with Crippen molar-refractivity contribution in [1.29, 1.82) is 0 Å². The van der Waals surface area contributed by atoms with E-state index in [9.17, 15) is 0 Å². The molecular formula is C12H16ClN. The summed E-state index contributed by atoms with van der Waals surface area (Å²) in [6.45, 7) is 7.10. The molecule has 76 valence electrons. The van der Waals surface area contributed by atoms with Crippen LogP contribution in [0, 0.1) is 6.92 Å². The smallest absolute Gasteiger partial charge is 0.0426 e. The van der Waals surface area contributed by atoms with E-state index in [4.69, 9.17) is 11.6 Å². The van der Waals surface area contributed by atoms with Gasteiger partial charge in [-0.25, -0.2) is 0 Å². The van der Waals surface area contributed by atoms with Crippen molar-refractivity contribution < 1.29 is 0 Å². The minimum Gasteiger partial charge on any atom is -0.381 e. The number of benzene rings is 1. The van der Waals surface area contributed by atoms with Gasteiger partial charge in [0.05, 0.1) is 0 Å². The molecule has 0 atom stereocenters. The summed E-state index contributed by atoms with van der Waals surface area (Å²) in [4.78, 5) is 0. The first-order valence-corrected chi connectivity index (χ1v) is 5.11. The third-order valence-corrected chi connectivity index (χ3v) is 2.24. The van der Waals surface area contributed by atoms with Gasteiger partial charge in [0.1, 0.15) is 0 Å². The zero-order valence-corrected chi connectivity index (χ0v) is 9.65. The van der Waals surface area contributed by atoms with Crippen molar-refractivity contribution in [1.82, 2.24) is 0 Å². The molecule has 0 aliphatic carbocycles. The van der Waals surface area contributed by atoms with Crippen LogP contribution in [0.15, 0.2) is 29.8 Å². The minimum absolute atomic E-state index is 0.773. The van der Waals surface area contributed by atoms with Crippen molar-refractivity contribution in [2.24, 2.45) is 0 Å². The number of hydrogen-bond acceptors (Lipinski definition) is 1. The van der Waals surface area contributed by atoms with Crippen molar-refractivity contribution in [2.45, 2.75) is 20.8 Å². The predicted molar refractivity (Wildman–Crippen MR) is 64.1 cm³/mol. The summed E-state index contributed by atoms with van der Waals surface area (Å²) < 4.78 is 0. The zero-order valence-electron chi connectivity index (χ0n) is 8.89. The molecule has 2 heteroatoms. The average Bonchev–Trinajstić information content (AvgIpc) is 2.10. The molecular weight excluding hydrogens is 194 g/mol. The summed E-state index contributed by atoms with van der Waals surface area (Å²) in [7, 11) is 0. The van der Waals surface area contributed by atoms with Crippen LogP contribution in [0.3, 0.4) is 0 Å². The Labute approximate surface area is 90.8 Å². The highest BCUT2D eigenvalue weighted by molar-refractivity contribution is 6.30. The van der Waals surface area contributed by atoms with Gasteiger partial charge >= 0.3 is 0 Å². The molecule has 1 aromatic rings. The van der Waals surface area contributed by atoms with Gasteiger partial charge in [0.2, 0.25) is 0 Å². The van der Waals surface area contributed by atoms with Gasteiger partial charge in [0.25, 0.3) is 0 Å². The van der Waals surface area contributed by atoms with Crippen LogP contribution in [0.4, 0.5) is 5.69 Å². The molecule has 0 fully saturated rings. The third kappa shape index (κ3) is 3.43. The summed E-state index contributed by atoms with van der Waals surface area (Å²) in [5.41, 5.74) is 3.64. The van der Waals surface area contributed by atoms with Crippen LogP contribution in [0.5, 0.6) is 0 Å². The van der Waals surface area contributed by atoms with Gasteiger partial charge in [-0.15, -0.1) is 0 Å². The fourth-order valence-electron chi connectivity index (χ4n) is 1.15. The molecule has 0 amide bonds. The Morgan fingerprint density at radius 2 is 2.14 bits per heavy atom. The molecule has 1 N–H and O–H groups in total. The summed E-state index contributed by atoms with van der Waals surface area (Å²) >= 11 is 5.90. The van der Waals surface area contributed by atoms with Gasteiger partial charge in [-0.2, -0.15) is 0 Å². The lowest BCUT2D eigenvalue weighted by atomic mass is 10.2. The average molecular weight is 210 g/mol. The maximum Gasteiger partial charge on any atom is 0.0426 e. The Kier molecular flexibility index (Phi) is 4.02. The first-order valence-electron chi connectivity index (χ1n) is 4.73. The Balaban J connectivity index is 2.67. The number of allylic oxidation sites excluding steroid dienone is 1. The largest absolute Gasteiger partial charge is 0.381 e. The highest BCUT2D eigenvalue weighted by atomic mass is 35.5. The highest BCUT2D eigenvalue weighted by Crippen LogP contribution is 2.19. The number of halogens is 1. The molecule has 0 radical (unpaired) electrons. The second-order valence-corrected chi connectivity index (χ2v) is 4.06. The van der Waals surface area contributed by atoms with Crippen molar-refractivity contribution >= 4 is 17.3 Å². The monoisotopic (exact) mass is 209 g/mol. The molecule has 0 unspecified atom stereocenters. The number of nitrogens with one attached hydrogen (secondary N) is 1. The SMILES string of the molecule is CC(C)=CCNc1cc(Cl)ccc1C. The topological polar surface area (TPSA) is 12.0 Å². The van der Waals surface area contributed by atoms with Gasteiger partial charge in [0.15, 0.2) is 0 Å². The number of aryl methyl sites for hydroxylation is 1. The van der Waals surface area contributed by atoms with Gasteiger partial charge in [-0.05, 0) is 38.5 Å². The second-order valence-electron chi connectivity index (χ2n) is 3.62.